The first-order valence-electron chi connectivity index (χ1n) is 6.31. The summed E-state index contributed by atoms with van der Waals surface area (Å²) in [7, 11) is 0. The van der Waals surface area contributed by atoms with E-state index in [1.807, 2.05) is 45.0 Å². The van der Waals surface area contributed by atoms with Gasteiger partial charge in [0, 0.05) is 16.6 Å². The molecule has 0 unspecified atom stereocenters. The zero-order valence-electron chi connectivity index (χ0n) is 11.4. The van der Waals surface area contributed by atoms with Crippen molar-refractivity contribution in [3.63, 3.8) is 0 Å². The number of nitrogens with two attached hydrogens (primary N) is 1. The minimum absolute atomic E-state index is 0.0748. The Morgan fingerprint density at radius 1 is 1.17 bits per heavy atom. The molecule has 3 N–H and O–H groups in total. The number of benzene rings is 1. The van der Waals surface area contributed by atoms with Gasteiger partial charge in [-0.1, -0.05) is 23.7 Å². The molecule has 0 heterocycles. The number of rotatable bonds is 5. The van der Waals surface area contributed by atoms with E-state index in [9.17, 15) is 4.79 Å². The Hall–Kier alpha value is -1.06. The number of amides is 1. The van der Waals surface area contributed by atoms with Crippen LogP contribution in [0, 0.1) is 0 Å². The maximum absolute atomic E-state index is 11.8. The van der Waals surface area contributed by atoms with Gasteiger partial charge in [0.25, 0.3) is 5.91 Å². The SMILES string of the molecule is CC(C)NC(=O)[C@H](C)[NH2+][C@H](C)c1ccc(Cl)cc1. The van der Waals surface area contributed by atoms with Crippen molar-refractivity contribution in [2.45, 2.75) is 45.8 Å². The van der Waals surface area contributed by atoms with Gasteiger partial charge in [-0.2, -0.15) is 0 Å². The molecule has 0 aliphatic rings. The van der Waals surface area contributed by atoms with Gasteiger partial charge in [0.15, 0.2) is 6.04 Å². The Balaban J connectivity index is 2.56. The number of quaternary nitrogens is 1. The van der Waals surface area contributed by atoms with Crippen LogP contribution in [0.5, 0.6) is 0 Å². The summed E-state index contributed by atoms with van der Waals surface area (Å²) in [5, 5.41) is 5.71. The summed E-state index contributed by atoms with van der Waals surface area (Å²) in [6, 6.07) is 8.06. The summed E-state index contributed by atoms with van der Waals surface area (Å²) in [4.78, 5) is 11.8. The largest absolute Gasteiger partial charge is 0.349 e. The van der Waals surface area contributed by atoms with E-state index in [0.29, 0.717) is 0 Å². The molecule has 0 bridgehead atoms. The van der Waals surface area contributed by atoms with E-state index in [4.69, 9.17) is 11.6 Å². The Bertz CT molecular complexity index is 389. The second-order valence-electron chi connectivity index (χ2n) is 4.98. The molecule has 0 aliphatic heterocycles. The maximum Gasteiger partial charge on any atom is 0.278 e. The molecule has 2 atom stereocenters. The van der Waals surface area contributed by atoms with Gasteiger partial charge >= 0.3 is 0 Å². The number of carbonyl (C=O) groups excluding carboxylic acids is 1. The van der Waals surface area contributed by atoms with Crippen molar-refractivity contribution in [2.75, 3.05) is 0 Å². The first-order valence-corrected chi connectivity index (χ1v) is 6.68. The molecular formula is C14H22ClN2O+. The molecule has 0 saturated carbocycles. The lowest BCUT2D eigenvalue weighted by atomic mass is 10.1. The summed E-state index contributed by atoms with van der Waals surface area (Å²) >= 11 is 5.86. The van der Waals surface area contributed by atoms with E-state index in [1.54, 1.807) is 0 Å². The first-order chi connectivity index (χ1) is 8.40. The molecule has 0 fully saturated rings. The van der Waals surface area contributed by atoms with Crippen molar-refractivity contribution >= 4 is 17.5 Å². The monoisotopic (exact) mass is 269 g/mol. The highest BCUT2D eigenvalue weighted by molar-refractivity contribution is 6.30. The van der Waals surface area contributed by atoms with Crippen LogP contribution in [-0.4, -0.2) is 18.0 Å². The van der Waals surface area contributed by atoms with Gasteiger partial charge in [0.05, 0.1) is 0 Å². The highest BCUT2D eigenvalue weighted by Gasteiger charge is 2.20. The van der Waals surface area contributed by atoms with Gasteiger partial charge in [-0.05, 0) is 39.8 Å². The molecule has 18 heavy (non-hydrogen) atoms. The Kier molecular flexibility index (Phi) is 5.63. The van der Waals surface area contributed by atoms with E-state index in [2.05, 4.69) is 17.6 Å². The van der Waals surface area contributed by atoms with E-state index in [1.165, 1.54) is 5.56 Å². The third-order valence-electron chi connectivity index (χ3n) is 2.82. The van der Waals surface area contributed by atoms with Crippen LogP contribution in [0.4, 0.5) is 0 Å². The zero-order chi connectivity index (χ0) is 13.7. The van der Waals surface area contributed by atoms with Crippen molar-refractivity contribution in [1.29, 1.82) is 0 Å². The summed E-state index contributed by atoms with van der Waals surface area (Å²) < 4.78 is 0. The van der Waals surface area contributed by atoms with Gasteiger partial charge in [-0.15, -0.1) is 0 Å². The molecule has 1 aromatic carbocycles. The van der Waals surface area contributed by atoms with Gasteiger partial charge in [0.1, 0.15) is 6.04 Å². The van der Waals surface area contributed by atoms with Crippen LogP contribution in [0.1, 0.15) is 39.3 Å². The normalized spacial score (nSPS) is 14.3. The zero-order valence-corrected chi connectivity index (χ0v) is 12.2. The lowest BCUT2D eigenvalue weighted by Crippen LogP contribution is -2.92. The highest BCUT2D eigenvalue weighted by atomic mass is 35.5. The lowest BCUT2D eigenvalue weighted by molar-refractivity contribution is -0.710. The molecule has 0 aromatic heterocycles. The quantitative estimate of drug-likeness (QED) is 0.842. The number of hydrogen-bond donors (Lipinski definition) is 2. The van der Waals surface area contributed by atoms with Crippen LogP contribution in [-0.2, 0) is 4.79 Å². The molecule has 0 saturated heterocycles. The average Bonchev–Trinajstić information content (AvgIpc) is 2.28. The predicted molar refractivity (Wildman–Crippen MR) is 74.5 cm³/mol. The van der Waals surface area contributed by atoms with Crippen molar-refractivity contribution in [3.8, 4) is 0 Å². The topological polar surface area (TPSA) is 45.7 Å². The van der Waals surface area contributed by atoms with Crippen LogP contribution < -0.4 is 10.6 Å². The first kappa shape index (κ1) is 15.0. The fourth-order valence-electron chi connectivity index (χ4n) is 1.81. The highest BCUT2D eigenvalue weighted by Crippen LogP contribution is 2.13. The minimum atomic E-state index is -0.0990. The summed E-state index contributed by atoms with van der Waals surface area (Å²) in [6.07, 6.45) is 0. The van der Waals surface area contributed by atoms with Crippen molar-refractivity contribution in [1.82, 2.24) is 5.32 Å². The fraction of sp³-hybridized carbons (Fsp3) is 0.500. The maximum atomic E-state index is 11.8. The molecule has 3 nitrogen and oxygen atoms in total. The third-order valence-corrected chi connectivity index (χ3v) is 3.07. The summed E-state index contributed by atoms with van der Waals surface area (Å²) in [6.45, 7) is 7.94. The molecule has 1 amide bonds. The molecule has 4 heteroatoms. The molecule has 100 valence electrons. The summed E-state index contributed by atoms with van der Waals surface area (Å²) in [5.74, 6) is 0.0748. The smallest absolute Gasteiger partial charge is 0.278 e. The van der Waals surface area contributed by atoms with Crippen LogP contribution in [0.15, 0.2) is 24.3 Å². The average molecular weight is 270 g/mol. The van der Waals surface area contributed by atoms with E-state index >= 15 is 0 Å². The van der Waals surface area contributed by atoms with Gasteiger partial charge in [-0.3, -0.25) is 4.79 Å². The van der Waals surface area contributed by atoms with Crippen molar-refractivity contribution < 1.29 is 10.1 Å². The summed E-state index contributed by atoms with van der Waals surface area (Å²) in [5.41, 5.74) is 1.17. The second kappa shape index (κ2) is 6.76. The van der Waals surface area contributed by atoms with Crippen LogP contribution in [0.25, 0.3) is 0 Å². The van der Waals surface area contributed by atoms with Gasteiger partial charge < -0.3 is 10.6 Å². The van der Waals surface area contributed by atoms with Crippen LogP contribution in [0.2, 0.25) is 5.02 Å². The number of halogens is 1. The standard InChI is InChI=1S/C14H21ClN2O/c1-9(2)16-14(18)11(4)17-10(3)12-5-7-13(15)8-6-12/h5-11,17H,1-4H3,(H,16,18)/p+1/t10-,11+/m1/s1. The minimum Gasteiger partial charge on any atom is -0.349 e. The van der Waals surface area contributed by atoms with Crippen LogP contribution in [0.3, 0.4) is 0 Å². The van der Waals surface area contributed by atoms with Gasteiger partial charge in [0.2, 0.25) is 0 Å². The van der Waals surface area contributed by atoms with E-state index < -0.39 is 0 Å². The van der Waals surface area contributed by atoms with Crippen molar-refractivity contribution in [2.24, 2.45) is 0 Å². The number of hydrogen-bond acceptors (Lipinski definition) is 1. The molecule has 1 rings (SSSR count). The molecule has 0 aliphatic carbocycles. The Labute approximate surface area is 114 Å². The van der Waals surface area contributed by atoms with Gasteiger partial charge in [-0.25, -0.2) is 0 Å². The predicted octanol–water partition coefficient (Wildman–Crippen LogP) is 1.88. The Morgan fingerprint density at radius 3 is 2.22 bits per heavy atom. The second-order valence-corrected chi connectivity index (χ2v) is 5.42. The van der Waals surface area contributed by atoms with E-state index in [-0.39, 0.29) is 24.0 Å². The molecular weight excluding hydrogens is 248 g/mol. The molecule has 0 radical (unpaired) electrons. The third kappa shape index (κ3) is 4.67. The van der Waals surface area contributed by atoms with Crippen molar-refractivity contribution in [3.05, 3.63) is 34.9 Å². The number of nitrogens with one attached hydrogen (secondary N) is 1. The molecule has 0 spiro atoms. The Morgan fingerprint density at radius 2 is 1.72 bits per heavy atom. The fourth-order valence-corrected chi connectivity index (χ4v) is 1.94. The van der Waals surface area contributed by atoms with Crippen LogP contribution >= 0.6 is 11.6 Å². The van der Waals surface area contributed by atoms with E-state index in [0.717, 1.165) is 5.02 Å². The number of carbonyl (C=O) groups is 1. The lowest BCUT2D eigenvalue weighted by Gasteiger charge is -2.18. The molecule has 1 aromatic rings.